The van der Waals surface area contributed by atoms with E-state index in [1.807, 2.05) is 11.9 Å². The van der Waals surface area contributed by atoms with Crippen molar-refractivity contribution in [2.45, 2.75) is 12.8 Å². The molecule has 1 aliphatic heterocycles. The van der Waals surface area contributed by atoms with Crippen molar-refractivity contribution in [3.63, 3.8) is 0 Å². The van der Waals surface area contributed by atoms with E-state index in [0.29, 0.717) is 11.7 Å². The van der Waals surface area contributed by atoms with Gasteiger partial charge in [-0.15, -0.1) is 12.4 Å². The summed E-state index contributed by atoms with van der Waals surface area (Å²) in [5.74, 6) is 1.09. The summed E-state index contributed by atoms with van der Waals surface area (Å²) in [5, 5.41) is 3.19. The lowest BCUT2D eigenvalue weighted by Gasteiger charge is -2.31. The number of hydrogen-bond donors (Lipinski definition) is 1. The molecule has 0 spiro atoms. The Morgan fingerprint density at radius 2 is 2.22 bits per heavy atom. The average Bonchev–Trinajstić information content (AvgIpc) is 2.76. The Bertz CT molecular complexity index is 389. The quantitative estimate of drug-likeness (QED) is 0.922. The third-order valence-corrected chi connectivity index (χ3v) is 3.83. The Kier molecular flexibility index (Phi) is 6.18. The van der Waals surface area contributed by atoms with Gasteiger partial charge in [0.15, 0.2) is 0 Å². The lowest BCUT2D eigenvalue weighted by atomic mass is 9.97. The van der Waals surface area contributed by atoms with Crippen LogP contribution in [0.15, 0.2) is 21.2 Å². The summed E-state index contributed by atoms with van der Waals surface area (Å²) in [6.07, 6.45) is 3.65. The number of furan rings is 1. The SMILES string of the molecule is CNCC1CCN(C(=O)c2occc2Br)CC1.Cl. The third kappa shape index (κ3) is 3.49. The predicted octanol–water partition coefficient (Wildman–Crippen LogP) is 2.54. The van der Waals surface area contributed by atoms with E-state index >= 15 is 0 Å². The third-order valence-electron chi connectivity index (χ3n) is 3.21. The summed E-state index contributed by atoms with van der Waals surface area (Å²) >= 11 is 3.32. The fourth-order valence-electron chi connectivity index (χ4n) is 2.22. The van der Waals surface area contributed by atoms with Crippen molar-refractivity contribution in [2.24, 2.45) is 5.92 Å². The first kappa shape index (κ1) is 15.5. The van der Waals surface area contributed by atoms with E-state index in [4.69, 9.17) is 4.42 Å². The molecule has 0 bridgehead atoms. The highest BCUT2D eigenvalue weighted by molar-refractivity contribution is 9.10. The Hall–Kier alpha value is -0.520. The highest BCUT2D eigenvalue weighted by Gasteiger charge is 2.26. The standard InChI is InChI=1S/C12H17BrN2O2.ClH/c1-14-8-9-2-5-15(6-3-9)12(16)11-10(13)4-7-17-11;/h4,7,9,14H,2-3,5-6,8H2,1H3;1H. The van der Waals surface area contributed by atoms with Crippen molar-refractivity contribution in [2.75, 3.05) is 26.7 Å². The molecule has 4 nitrogen and oxygen atoms in total. The lowest BCUT2D eigenvalue weighted by molar-refractivity contribution is 0.0657. The van der Waals surface area contributed by atoms with E-state index in [9.17, 15) is 4.79 Å². The van der Waals surface area contributed by atoms with E-state index < -0.39 is 0 Å². The van der Waals surface area contributed by atoms with Gasteiger partial charge in [0.1, 0.15) is 0 Å². The van der Waals surface area contributed by atoms with E-state index in [0.717, 1.165) is 36.9 Å². The highest BCUT2D eigenvalue weighted by atomic mass is 79.9. The minimum absolute atomic E-state index is 0. The van der Waals surface area contributed by atoms with Crippen molar-refractivity contribution in [3.8, 4) is 0 Å². The zero-order valence-corrected chi connectivity index (χ0v) is 12.7. The first-order valence-corrected chi connectivity index (χ1v) is 6.68. The molecule has 1 fully saturated rings. The zero-order valence-electron chi connectivity index (χ0n) is 10.3. The largest absolute Gasteiger partial charge is 0.458 e. The van der Waals surface area contributed by atoms with Gasteiger partial charge in [0, 0.05) is 13.1 Å². The number of rotatable bonds is 3. The second kappa shape index (κ2) is 7.16. The molecule has 6 heteroatoms. The first-order valence-electron chi connectivity index (χ1n) is 5.89. The van der Waals surface area contributed by atoms with Crippen LogP contribution in [0.2, 0.25) is 0 Å². The van der Waals surface area contributed by atoms with Crippen molar-refractivity contribution in [1.82, 2.24) is 10.2 Å². The van der Waals surface area contributed by atoms with Crippen LogP contribution in [0.4, 0.5) is 0 Å². The van der Waals surface area contributed by atoms with Crippen LogP contribution in [-0.4, -0.2) is 37.5 Å². The molecule has 18 heavy (non-hydrogen) atoms. The van der Waals surface area contributed by atoms with Crippen LogP contribution < -0.4 is 5.32 Å². The lowest BCUT2D eigenvalue weighted by Crippen LogP contribution is -2.40. The second-order valence-electron chi connectivity index (χ2n) is 4.39. The van der Waals surface area contributed by atoms with Crippen LogP contribution in [0, 0.1) is 5.92 Å². The van der Waals surface area contributed by atoms with Crippen LogP contribution in [0.25, 0.3) is 0 Å². The summed E-state index contributed by atoms with van der Waals surface area (Å²) in [6.45, 7) is 2.67. The van der Waals surface area contributed by atoms with Gasteiger partial charge >= 0.3 is 0 Å². The zero-order chi connectivity index (χ0) is 12.3. The number of hydrogen-bond acceptors (Lipinski definition) is 3. The van der Waals surface area contributed by atoms with Gasteiger partial charge in [-0.25, -0.2) is 0 Å². The van der Waals surface area contributed by atoms with Gasteiger partial charge in [0.05, 0.1) is 10.7 Å². The number of halogens is 2. The van der Waals surface area contributed by atoms with Gasteiger partial charge in [-0.1, -0.05) is 0 Å². The van der Waals surface area contributed by atoms with Gasteiger partial charge in [-0.05, 0) is 54.3 Å². The van der Waals surface area contributed by atoms with Gasteiger partial charge in [0.2, 0.25) is 5.76 Å². The molecule has 2 rings (SSSR count). The number of nitrogens with zero attached hydrogens (tertiary/aromatic N) is 1. The second-order valence-corrected chi connectivity index (χ2v) is 5.25. The molecule has 0 aromatic carbocycles. The number of carbonyl (C=O) groups excluding carboxylic acids is 1. The minimum atomic E-state index is -0.00946. The molecule has 0 unspecified atom stereocenters. The van der Waals surface area contributed by atoms with E-state index in [-0.39, 0.29) is 18.3 Å². The Morgan fingerprint density at radius 3 is 2.72 bits per heavy atom. The van der Waals surface area contributed by atoms with Crippen molar-refractivity contribution in [1.29, 1.82) is 0 Å². The molecule has 1 N–H and O–H groups in total. The van der Waals surface area contributed by atoms with Crippen LogP contribution in [0.3, 0.4) is 0 Å². The molecular formula is C12H18BrClN2O2. The van der Waals surface area contributed by atoms with Crippen LogP contribution in [-0.2, 0) is 0 Å². The molecule has 0 aliphatic carbocycles. The summed E-state index contributed by atoms with van der Waals surface area (Å²) in [7, 11) is 1.97. The van der Waals surface area contributed by atoms with Gasteiger partial charge in [0.25, 0.3) is 5.91 Å². The molecule has 1 aliphatic rings. The van der Waals surface area contributed by atoms with Gasteiger partial charge in [-0.3, -0.25) is 4.79 Å². The van der Waals surface area contributed by atoms with Crippen molar-refractivity contribution >= 4 is 34.2 Å². The van der Waals surface area contributed by atoms with Crippen molar-refractivity contribution < 1.29 is 9.21 Å². The fraction of sp³-hybridized carbons (Fsp3) is 0.583. The minimum Gasteiger partial charge on any atom is -0.458 e. The van der Waals surface area contributed by atoms with Gasteiger partial charge < -0.3 is 14.6 Å². The maximum atomic E-state index is 12.1. The van der Waals surface area contributed by atoms with Crippen LogP contribution in [0.1, 0.15) is 23.4 Å². The number of nitrogens with one attached hydrogen (secondary N) is 1. The Morgan fingerprint density at radius 1 is 1.56 bits per heavy atom. The molecule has 1 aromatic rings. The van der Waals surface area contributed by atoms with Crippen molar-refractivity contribution in [3.05, 3.63) is 22.6 Å². The van der Waals surface area contributed by atoms with E-state index in [1.54, 1.807) is 6.07 Å². The smallest absolute Gasteiger partial charge is 0.290 e. The predicted molar refractivity (Wildman–Crippen MR) is 76.2 cm³/mol. The summed E-state index contributed by atoms with van der Waals surface area (Å²) in [6, 6.07) is 1.75. The normalized spacial score (nSPS) is 16.4. The molecule has 1 aromatic heterocycles. The molecule has 0 atom stereocenters. The Labute approximate surface area is 122 Å². The molecular weight excluding hydrogens is 320 g/mol. The number of carbonyl (C=O) groups is 1. The summed E-state index contributed by atoms with van der Waals surface area (Å²) in [4.78, 5) is 14.0. The molecule has 0 radical (unpaired) electrons. The first-order chi connectivity index (χ1) is 8.22. The summed E-state index contributed by atoms with van der Waals surface area (Å²) in [5.41, 5.74) is 0. The number of piperidine rings is 1. The summed E-state index contributed by atoms with van der Waals surface area (Å²) < 4.78 is 5.94. The van der Waals surface area contributed by atoms with E-state index in [2.05, 4.69) is 21.2 Å². The molecule has 102 valence electrons. The van der Waals surface area contributed by atoms with E-state index in [1.165, 1.54) is 6.26 Å². The maximum absolute atomic E-state index is 12.1. The molecule has 1 amide bonds. The maximum Gasteiger partial charge on any atom is 0.290 e. The molecule has 0 saturated carbocycles. The highest BCUT2D eigenvalue weighted by Crippen LogP contribution is 2.23. The fourth-order valence-corrected chi connectivity index (χ4v) is 2.59. The number of amides is 1. The van der Waals surface area contributed by atoms with Crippen LogP contribution in [0.5, 0.6) is 0 Å². The average molecular weight is 338 g/mol. The molecule has 2 heterocycles. The topological polar surface area (TPSA) is 45.5 Å². The monoisotopic (exact) mass is 336 g/mol. The van der Waals surface area contributed by atoms with Gasteiger partial charge in [-0.2, -0.15) is 0 Å². The Balaban J connectivity index is 0.00000162. The molecule has 1 saturated heterocycles. The number of likely N-dealkylation sites (tertiary alicyclic amines) is 1. The van der Waals surface area contributed by atoms with Crippen LogP contribution >= 0.6 is 28.3 Å².